The highest BCUT2D eigenvalue weighted by atomic mass is 16.5. The predicted octanol–water partition coefficient (Wildman–Crippen LogP) is 0.705. The van der Waals surface area contributed by atoms with Crippen molar-refractivity contribution >= 4 is 17.8 Å². The van der Waals surface area contributed by atoms with Crippen LogP contribution in [0, 0.1) is 5.92 Å². The molecule has 0 aromatic heterocycles. The summed E-state index contributed by atoms with van der Waals surface area (Å²) in [6, 6.07) is 0. The number of carbonyl (C=O) groups excluding carboxylic acids is 2. The van der Waals surface area contributed by atoms with E-state index in [1.807, 2.05) is 0 Å². The number of unbranched alkanes of at least 4 members (excludes halogenated alkanes) is 1. The lowest BCUT2D eigenvalue weighted by atomic mass is 9.97. The molecule has 23 heavy (non-hydrogen) atoms. The van der Waals surface area contributed by atoms with Gasteiger partial charge in [-0.05, 0) is 19.3 Å². The Hall–Kier alpha value is -1.79. The number of carbonyl (C=O) groups is 2. The Balaban J connectivity index is 2.63. The van der Waals surface area contributed by atoms with E-state index < -0.39 is 0 Å². The molecular formula is C16H30N4O3. The van der Waals surface area contributed by atoms with E-state index in [2.05, 4.69) is 22.1 Å². The van der Waals surface area contributed by atoms with Gasteiger partial charge in [0.2, 0.25) is 5.91 Å². The molecule has 1 fully saturated rings. The van der Waals surface area contributed by atoms with Gasteiger partial charge in [-0.15, -0.1) is 0 Å². The number of piperidine rings is 1. The Morgan fingerprint density at radius 1 is 1.30 bits per heavy atom. The number of nitrogens with one attached hydrogen (secondary N) is 1. The first-order valence-corrected chi connectivity index (χ1v) is 8.30. The summed E-state index contributed by atoms with van der Waals surface area (Å²) in [7, 11) is 4.88. The molecule has 0 aromatic carbocycles. The number of hydrogen-bond acceptors (Lipinski definition) is 4. The molecule has 7 nitrogen and oxygen atoms in total. The minimum Gasteiger partial charge on any atom is -0.469 e. The summed E-state index contributed by atoms with van der Waals surface area (Å²) in [5, 5.41) is 3.33. The predicted molar refractivity (Wildman–Crippen MR) is 90.2 cm³/mol. The van der Waals surface area contributed by atoms with Crippen LogP contribution in [0.3, 0.4) is 0 Å². The van der Waals surface area contributed by atoms with Gasteiger partial charge in [0.1, 0.15) is 6.54 Å². The molecule has 0 aliphatic carbocycles. The number of likely N-dealkylation sites (tertiary alicyclic amines) is 1. The number of nitrogens with zero attached hydrogens (tertiary/aromatic N) is 3. The minimum absolute atomic E-state index is 0.0239. The second-order valence-corrected chi connectivity index (χ2v) is 5.99. The van der Waals surface area contributed by atoms with Gasteiger partial charge in [0.15, 0.2) is 5.96 Å². The molecule has 0 bridgehead atoms. The molecule has 1 N–H and O–H groups in total. The number of amides is 1. The number of likely N-dealkylation sites (N-methyl/N-ethyl adjacent to an activating group) is 1. The van der Waals surface area contributed by atoms with Crippen molar-refractivity contribution in [3.05, 3.63) is 0 Å². The van der Waals surface area contributed by atoms with Crippen molar-refractivity contribution in [3.63, 3.8) is 0 Å². The fourth-order valence-electron chi connectivity index (χ4n) is 2.42. The maximum atomic E-state index is 11.8. The van der Waals surface area contributed by atoms with Crippen LogP contribution >= 0.6 is 0 Å². The van der Waals surface area contributed by atoms with Gasteiger partial charge in [-0.25, -0.2) is 4.99 Å². The van der Waals surface area contributed by atoms with E-state index >= 15 is 0 Å². The van der Waals surface area contributed by atoms with Crippen LogP contribution < -0.4 is 5.32 Å². The molecule has 0 saturated carbocycles. The van der Waals surface area contributed by atoms with Crippen LogP contribution in [-0.2, 0) is 14.3 Å². The molecule has 1 saturated heterocycles. The van der Waals surface area contributed by atoms with Crippen molar-refractivity contribution < 1.29 is 14.3 Å². The monoisotopic (exact) mass is 326 g/mol. The fourth-order valence-corrected chi connectivity index (χ4v) is 2.42. The maximum Gasteiger partial charge on any atom is 0.308 e. The molecule has 0 atom stereocenters. The third-order valence-corrected chi connectivity index (χ3v) is 4.01. The number of rotatable bonds is 6. The van der Waals surface area contributed by atoms with Gasteiger partial charge in [0.25, 0.3) is 0 Å². The quantitative estimate of drug-likeness (QED) is 0.337. The van der Waals surface area contributed by atoms with Gasteiger partial charge >= 0.3 is 5.97 Å². The molecule has 1 heterocycles. The van der Waals surface area contributed by atoms with Crippen molar-refractivity contribution in [3.8, 4) is 0 Å². The highest BCUT2D eigenvalue weighted by Crippen LogP contribution is 2.18. The summed E-state index contributed by atoms with van der Waals surface area (Å²) in [6.45, 7) is 4.60. The summed E-state index contributed by atoms with van der Waals surface area (Å²) in [6.07, 6.45) is 3.66. The molecule has 132 valence electrons. The SMILES string of the molecule is CCCCNC(=NCC(=O)N(C)C)N1CCC(C(=O)OC)CC1. The summed E-state index contributed by atoms with van der Waals surface area (Å²) < 4.78 is 4.82. The fraction of sp³-hybridized carbons (Fsp3) is 0.812. The van der Waals surface area contributed by atoms with Crippen LogP contribution in [0.2, 0.25) is 0 Å². The number of methoxy groups -OCH3 is 1. The zero-order valence-electron chi connectivity index (χ0n) is 14.8. The number of guanidine groups is 1. The molecule has 7 heteroatoms. The lowest BCUT2D eigenvalue weighted by Gasteiger charge is -2.33. The Morgan fingerprint density at radius 3 is 2.48 bits per heavy atom. The Bertz CT molecular complexity index is 416. The lowest BCUT2D eigenvalue weighted by molar-refractivity contribution is -0.146. The first-order chi connectivity index (χ1) is 11.0. The van der Waals surface area contributed by atoms with Gasteiger partial charge in [-0.1, -0.05) is 13.3 Å². The summed E-state index contributed by atoms with van der Waals surface area (Å²) in [5.74, 6) is 0.572. The Morgan fingerprint density at radius 2 is 1.96 bits per heavy atom. The molecule has 0 radical (unpaired) electrons. The van der Waals surface area contributed by atoms with E-state index in [1.54, 1.807) is 14.1 Å². The van der Waals surface area contributed by atoms with E-state index in [0.29, 0.717) is 0 Å². The van der Waals surface area contributed by atoms with Gasteiger partial charge in [-0.3, -0.25) is 9.59 Å². The number of aliphatic imine (C=N–C) groups is 1. The molecule has 0 spiro atoms. The van der Waals surface area contributed by atoms with Crippen molar-refractivity contribution in [1.82, 2.24) is 15.1 Å². The van der Waals surface area contributed by atoms with Crippen molar-refractivity contribution in [2.45, 2.75) is 32.6 Å². The molecule has 1 aliphatic heterocycles. The normalized spacial score (nSPS) is 16.2. The molecule has 1 rings (SSSR count). The van der Waals surface area contributed by atoms with E-state index in [9.17, 15) is 9.59 Å². The molecule has 1 aliphatic rings. The Labute approximate surface area is 139 Å². The van der Waals surface area contributed by atoms with Crippen LogP contribution in [0.25, 0.3) is 0 Å². The third-order valence-electron chi connectivity index (χ3n) is 4.01. The van der Waals surface area contributed by atoms with Crippen LogP contribution in [0.5, 0.6) is 0 Å². The summed E-state index contributed by atoms with van der Waals surface area (Å²) in [4.78, 5) is 31.5. The van der Waals surface area contributed by atoms with E-state index in [0.717, 1.165) is 51.3 Å². The van der Waals surface area contributed by atoms with Crippen LogP contribution in [0.4, 0.5) is 0 Å². The molecule has 0 unspecified atom stereocenters. The van der Waals surface area contributed by atoms with Crippen molar-refractivity contribution in [2.24, 2.45) is 10.9 Å². The first-order valence-electron chi connectivity index (χ1n) is 8.30. The van der Waals surface area contributed by atoms with Crippen molar-refractivity contribution in [2.75, 3.05) is 47.4 Å². The highest BCUT2D eigenvalue weighted by molar-refractivity contribution is 5.85. The molecule has 1 amide bonds. The van der Waals surface area contributed by atoms with E-state index in [4.69, 9.17) is 4.74 Å². The average Bonchev–Trinajstić information content (AvgIpc) is 2.57. The largest absolute Gasteiger partial charge is 0.469 e. The lowest BCUT2D eigenvalue weighted by Crippen LogP contribution is -2.47. The minimum atomic E-state index is -0.134. The molecule has 0 aromatic rings. The number of ether oxygens (including phenoxy) is 1. The van der Waals surface area contributed by atoms with Gasteiger partial charge < -0.3 is 19.9 Å². The van der Waals surface area contributed by atoms with Gasteiger partial charge in [-0.2, -0.15) is 0 Å². The Kier molecular flexibility index (Phi) is 8.43. The zero-order chi connectivity index (χ0) is 17.2. The number of hydrogen-bond donors (Lipinski definition) is 1. The van der Waals surface area contributed by atoms with Crippen LogP contribution in [0.1, 0.15) is 32.6 Å². The summed E-state index contributed by atoms with van der Waals surface area (Å²) >= 11 is 0. The van der Waals surface area contributed by atoms with E-state index in [-0.39, 0.29) is 24.3 Å². The second-order valence-electron chi connectivity index (χ2n) is 5.99. The van der Waals surface area contributed by atoms with Crippen LogP contribution in [-0.4, -0.2) is 75.0 Å². The van der Waals surface area contributed by atoms with Gasteiger partial charge in [0, 0.05) is 33.7 Å². The topological polar surface area (TPSA) is 74.2 Å². The second kappa shape index (κ2) is 10.1. The number of esters is 1. The van der Waals surface area contributed by atoms with Gasteiger partial charge in [0.05, 0.1) is 13.0 Å². The first kappa shape index (κ1) is 19.3. The summed E-state index contributed by atoms with van der Waals surface area (Å²) in [5.41, 5.74) is 0. The average molecular weight is 326 g/mol. The van der Waals surface area contributed by atoms with Crippen molar-refractivity contribution in [1.29, 1.82) is 0 Å². The third kappa shape index (κ3) is 6.46. The maximum absolute atomic E-state index is 11.8. The molecular weight excluding hydrogens is 296 g/mol. The van der Waals surface area contributed by atoms with Crippen LogP contribution in [0.15, 0.2) is 4.99 Å². The smallest absolute Gasteiger partial charge is 0.308 e. The van der Waals surface area contributed by atoms with E-state index in [1.165, 1.54) is 12.0 Å². The standard InChI is InChI=1S/C16H30N4O3/c1-5-6-9-17-16(18-12-14(21)19(2)3)20-10-7-13(8-11-20)15(22)23-4/h13H,5-12H2,1-4H3,(H,17,18). The zero-order valence-corrected chi connectivity index (χ0v) is 14.8. The highest BCUT2D eigenvalue weighted by Gasteiger charge is 2.27.